The molecule has 2 aromatic rings. The average Bonchev–Trinajstić information content (AvgIpc) is 3.04. The predicted octanol–water partition coefficient (Wildman–Crippen LogP) is 2.46. The minimum Gasteiger partial charge on any atom is -0.325 e. The molecule has 2 aromatic carbocycles. The van der Waals surface area contributed by atoms with Gasteiger partial charge in [0.15, 0.2) is 0 Å². The summed E-state index contributed by atoms with van der Waals surface area (Å²) >= 11 is 0. The zero-order chi connectivity index (χ0) is 22.6. The summed E-state index contributed by atoms with van der Waals surface area (Å²) in [5.41, 5.74) is 0.198. The number of nitrogens with zero attached hydrogens (tertiary/aromatic N) is 1. The number of hydrogen-bond donors (Lipinski definition) is 2. The van der Waals surface area contributed by atoms with Crippen molar-refractivity contribution < 1.29 is 31.2 Å². The van der Waals surface area contributed by atoms with E-state index in [0.717, 1.165) is 18.4 Å². The molecule has 7 nitrogen and oxygen atoms in total. The average molecular weight is 453 g/mol. The Kier molecular flexibility index (Phi) is 5.05. The van der Waals surface area contributed by atoms with Crippen LogP contribution < -0.4 is 10.0 Å². The summed E-state index contributed by atoms with van der Waals surface area (Å²) in [6.45, 7) is 0.164. The fourth-order valence-corrected chi connectivity index (χ4v) is 4.79. The van der Waals surface area contributed by atoms with Crippen LogP contribution in [0.5, 0.6) is 0 Å². The second-order valence-electron chi connectivity index (χ2n) is 7.56. The van der Waals surface area contributed by atoms with E-state index >= 15 is 0 Å². The molecule has 2 unspecified atom stereocenters. The highest BCUT2D eigenvalue weighted by Gasteiger charge is 2.45. The highest BCUT2D eigenvalue weighted by atomic mass is 32.2. The number of hydrogen-bond acceptors (Lipinski definition) is 4. The van der Waals surface area contributed by atoms with Crippen LogP contribution in [0.25, 0.3) is 11.1 Å². The number of rotatable bonds is 3. The number of fused-ring (bicyclic) bond motifs is 2. The molecular formula is C20H18F3N3O4S. The first-order valence-corrected chi connectivity index (χ1v) is 11.2. The van der Waals surface area contributed by atoms with E-state index in [1.807, 2.05) is 0 Å². The van der Waals surface area contributed by atoms with Gasteiger partial charge in [0.25, 0.3) is 5.91 Å². The van der Waals surface area contributed by atoms with Crippen molar-refractivity contribution >= 4 is 27.5 Å². The van der Waals surface area contributed by atoms with E-state index < -0.39 is 45.7 Å². The monoisotopic (exact) mass is 453 g/mol. The van der Waals surface area contributed by atoms with E-state index in [9.17, 15) is 31.2 Å². The number of nitrogens with one attached hydrogen (secondary N) is 2. The molecule has 164 valence electrons. The lowest BCUT2D eigenvalue weighted by Gasteiger charge is -2.24. The Bertz CT molecular complexity index is 1180. The third kappa shape index (κ3) is 4.15. The molecule has 4 rings (SSSR count). The number of sulfonamides is 1. The molecule has 1 fully saturated rings. The van der Waals surface area contributed by atoms with E-state index in [2.05, 4.69) is 10.0 Å². The number of benzene rings is 2. The van der Waals surface area contributed by atoms with Gasteiger partial charge in [0.2, 0.25) is 15.9 Å². The van der Waals surface area contributed by atoms with Gasteiger partial charge in [-0.1, -0.05) is 18.2 Å². The second-order valence-corrected chi connectivity index (χ2v) is 9.34. The quantitative estimate of drug-likeness (QED) is 0.747. The molecule has 0 bridgehead atoms. The second kappa shape index (κ2) is 7.34. The van der Waals surface area contributed by atoms with E-state index in [1.54, 1.807) is 0 Å². The van der Waals surface area contributed by atoms with Gasteiger partial charge in [-0.25, -0.2) is 13.1 Å². The third-order valence-electron chi connectivity index (χ3n) is 5.32. The summed E-state index contributed by atoms with van der Waals surface area (Å²) in [5, 5.41) is 2.64. The molecule has 2 amide bonds. The van der Waals surface area contributed by atoms with Crippen LogP contribution in [-0.4, -0.2) is 50.0 Å². The lowest BCUT2D eigenvalue weighted by molar-refractivity contribution is -0.137. The minimum absolute atomic E-state index is 0.130. The molecule has 31 heavy (non-hydrogen) atoms. The molecule has 0 radical (unpaired) electrons. The van der Waals surface area contributed by atoms with E-state index in [-0.39, 0.29) is 29.8 Å². The van der Waals surface area contributed by atoms with Gasteiger partial charge in [0, 0.05) is 6.54 Å². The van der Waals surface area contributed by atoms with Gasteiger partial charge in [-0.2, -0.15) is 13.2 Å². The minimum atomic E-state index is -4.50. The number of alkyl halides is 3. The molecule has 0 aliphatic carbocycles. The molecule has 2 atom stereocenters. The standard InChI is InChI=1S/C20H18F3N3O4S/c1-31(29,30)25-16-7-8-26-17(16)18(27)24-15-6-5-12(10-14(15)19(26)28)11-3-2-4-13(9-11)20(21,22)23/h2-6,9-10,16-17,25H,7-8H2,1H3,(H,24,27). The highest BCUT2D eigenvalue weighted by molar-refractivity contribution is 7.88. The van der Waals surface area contributed by atoms with E-state index in [4.69, 9.17) is 0 Å². The summed E-state index contributed by atoms with van der Waals surface area (Å²) in [6, 6.07) is 7.36. The van der Waals surface area contributed by atoms with E-state index in [1.165, 1.54) is 35.2 Å². The van der Waals surface area contributed by atoms with Gasteiger partial charge in [0.05, 0.1) is 29.1 Å². The summed E-state index contributed by atoms with van der Waals surface area (Å²) < 4.78 is 64.8. The number of halogens is 3. The molecule has 2 aliphatic rings. The molecule has 2 heterocycles. The van der Waals surface area contributed by atoms with Gasteiger partial charge >= 0.3 is 6.18 Å². The number of carbonyl (C=O) groups is 2. The predicted molar refractivity (Wildman–Crippen MR) is 107 cm³/mol. The van der Waals surface area contributed by atoms with Crippen molar-refractivity contribution in [2.24, 2.45) is 0 Å². The van der Waals surface area contributed by atoms with Gasteiger partial charge < -0.3 is 10.2 Å². The van der Waals surface area contributed by atoms with Crippen molar-refractivity contribution in [1.82, 2.24) is 9.62 Å². The van der Waals surface area contributed by atoms with Crippen LogP contribution in [-0.2, 0) is 21.0 Å². The maximum absolute atomic E-state index is 13.2. The first-order chi connectivity index (χ1) is 14.4. The van der Waals surface area contributed by atoms with Gasteiger partial charge in [-0.05, 0) is 41.8 Å². The Labute approximate surface area is 176 Å². The van der Waals surface area contributed by atoms with Crippen LogP contribution in [0, 0.1) is 0 Å². The van der Waals surface area contributed by atoms with Crippen LogP contribution in [0.4, 0.5) is 18.9 Å². The largest absolute Gasteiger partial charge is 0.416 e. The van der Waals surface area contributed by atoms with Crippen molar-refractivity contribution in [1.29, 1.82) is 0 Å². The fraction of sp³-hybridized carbons (Fsp3) is 0.300. The fourth-order valence-electron chi connectivity index (χ4n) is 3.99. The Morgan fingerprint density at radius 1 is 1.10 bits per heavy atom. The zero-order valence-corrected chi connectivity index (χ0v) is 17.0. The van der Waals surface area contributed by atoms with Crippen molar-refractivity contribution in [3.8, 4) is 11.1 Å². The van der Waals surface area contributed by atoms with Crippen molar-refractivity contribution in [3.05, 3.63) is 53.6 Å². The molecule has 2 N–H and O–H groups in total. The van der Waals surface area contributed by atoms with Gasteiger partial charge in [-0.3, -0.25) is 9.59 Å². The number of carbonyl (C=O) groups excluding carboxylic acids is 2. The first kappa shape index (κ1) is 21.3. The summed E-state index contributed by atoms with van der Waals surface area (Å²) in [4.78, 5) is 27.2. The highest BCUT2D eigenvalue weighted by Crippen LogP contribution is 2.35. The smallest absolute Gasteiger partial charge is 0.325 e. The van der Waals surface area contributed by atoms with Crippen LogP contribution in [0.3, 0.4) is 0 Å². The summed E-state index contributed by atoms with van der Waals surface area (Å²) in [7, 11) is -3.60. The Balaban J connectivity index is 1.71. The maximum atomic E-state index is 13.2. The number of anilines is 1. The lowest BCUT2D eigenvalue weighted by Crippen LogP contribution is -2.51. The molecule has 0 aromatic heterocycles. The summed E-state index contributed by atoms with van der Waals surface area (Å²) in [5.74, 6) is -1.03. The molecule has 0 spiro atoms. The first-order valence-electron chi connectivity index (χ1n) is 9.35. The van der Waals surface area contributed by atoms with Crippen molar-refractivity contribution in [2.45, 2.75) is 24.7 Å². The van der Waals surface area contributed by atoms with Gasteiger partial charge in [0.1, 0.15) is 6.04 Å². The third-order valence-corrected chi connectivity index (χ3v) is 6.05. The van der Waals surface area contributed by atoms with Crippen LogP contribution in [0.1, 0.15) is 22.3 Å². The van der Waals surface area contributed by atoms with Crippen LogP contribution in [0.15, 0.2) is 42.5 Å². The van der Waals surface area contributed by atoms with Crippen molar-refractivity contribution in [3.63, 3.8) is 0 Å². The molecule has 0 saturated carbocycles. The summed E-state index contributed by atoms with van der Waals surface area (Å²) in [6.07, 6.45) is -3.27. The topological polar surface area (TPSA) is 95.6 Å². The van der Waals surface area contributed by atoms with Crippen LogP contribution in [0.2, 0.25) is 0 Å². The van der Waals surface area contributed by atoms with Gasteiger partial charge in [-0.15, -0.1) is 0 Å². The molecule has 2 aliphatic heterocycles. The Morgan fingerprint density at radius 3 is 2.48 bits per heavy atom. The molecule has 11 heteroatoms. The Hall–Kier alpha value is -2.92. The SMILES string of the molecule is CS(=O)(=O)NC1CCN2C(=O)c3cc(-c4cccc(C(F)(F)F)c4)ccc3NC(=O)C12. The van der Waals surface area contributed by atoms with Crippen LogP contribution >= 0.6 is 0 Å². The number of amides is 2. The zero-order valence-electron chi connectivity index (χ0n) is 16.2. The van der Waals surface area contributed by atoms with Crippen molar-refractivity contribution in [2.75, 3.05) is 18.1 Å². The normalized spacial score (nSPS) is 21.4. The molecule has 1 saturated heterocycles. The lowest BCUT2D eigenvalue weighted by atomic mass is 9.99. The molecular weight excluding hydrogens is 435 g/mol. The van der Waals surface area contributed by atoms with E-state index in [0.29, 0.717) is 5.56 Å². The maximum Gasteiger partial charge on any atom is 0.416 e. The Morgan fingerprint density at radius 2 is 1.81 bits per heavy atom.